The zero-order chi connectivity index (χ0) is 16.7. The Bertz CT molecular complexity index is 771. The lowest BCUT2D eigenvalue weighted by molar-refractivity contribution is -0.139. The summed E-state index contributed by atoms with van der Waals surface area (Å²) < 4.78 is 5.29. The molecule has 1 aromatic heterocycles. The molecule has 2 heterocycles. The first-order valence-corrected chi connectivity index (χ1v) is 8.68. The molecule has 2 fully saturated rings. The fourth-order valence-electron chi connectivity index (χ4n) is 4.17. The third-order valence-corrected chi connectivity index (χ3v) is 5.51. The van der Waals surface area contributed by atoms with E-state index in [1.165, 1.54) is 4.90 Å². The van der Waals surface area contributed by atoms with Crippen LogP contribution in [0.25, 0.3) is 10.9 Å². The van der Waals surface area contributed by atoms with Gasteiger partial charge in [0, 0.05) is 23.6 Å². The smallest absolute Gasteiger partial charge is 0.233 e. The minimum absolute atomic E-state index is 0.0436. The molecule has 126 valence electrons. The number of carbonyl (C=O) groups is 2. The summed E-state index contributed by atoms with van der Waals surface area (Å²) in [6.07, 6.45) is 6.50. The van der Waals surface area contributed by atoms with Gasteiger partial charge in [0.25, 0.3) is 0 Å². The molecule has 2 aromatic rings. The molecular weight excluding hydrogens is 304 g/mol. The van der Waals surface area contributed by atoms with E-state index in [0.29, 0.717) is 13.0 Å². The Labute approximate surface area is 141 Å². The molecule has 0 spiro atoms. The van der Waals surface area contributed by atoms with Crippen molar-refractivity contribution in [2.45, 2.75) is 32.1 Å². The zero-order valence-electron chi connectivity index (χ0n) is 13.9. The highest BCUT2D eigenvalue weighted by Gasteiger charge is 2.47. The Hall–Kier alpha value is -2.30. The highest BCUT2D eigenvalue weighted by Crippen LogP contribution is 2.38. The van der Waals surface area contributed by atoms with Crippen molar-refractivity contribution in [2.24, 2.45) is 11.8 Å². The molecule has 2 amide bonds. The molecule has 1 saturated heterocycles. The van der Waals surface area contributed by atoms with Crippen LogP contribution in [0.5, 0.6) is 5.75 Å². The Kier molecular flexibility index (Phi) is 3.79. The molecule has 1 saturated carbocycles. The number of carbonyl (C=O) groups excluding carboxylic acids is 2. The zero-order valence-corrected chi connectivity index (χ0v) is 13.9. The van der Waals surface area contributed by atoms with Crippen molar-refractivity contribution >= 4 is 22.7 Å². The van der Waals surface area contributed by atoms with Gasteiger partial charge in [0.15, 0.2) is 0 Å². The molecule has 24 heavy (non-hydrogen) atoms. The van der Waals surface area contributed by atoms with Crippen molar-refractivity contribution in [3.05, 3.63) is 30.0 Å². The lowest BCUT2D eigenvalue weighted by atomic mass is 9.81. The van der Waals surface area contributed by atoms with Crippen LogP contribution in [0.2, 0.25) is 0 Å². The van der Waals surface area contributed by atoms with Gasteiger partial charge in [0.05, 0.1) is 18.9 Å². The first-order valence-electron chi connectivity index (χ1n) is 8.68. The van der Waals surface area contributed by atoms with Crippen molar-refractivity contribution in [2.75, 3.05) is 13.7 Å². The third-order valence-electron chi connectivity index (χ3n) is 5.51. The maximum Gasteiger partial charge on any atom is 0.233 e. The second-order valence-corrected chi connectivity index (χ2v) is 6.80. The maximum atomic E-state index is 12.6. The summed E-state index contributed by atoms with van der Waals surface area (Å²) in [5.41, 5.74) is 2.15. The average Bonchev–Trinajstić information content (AvgIpc) is 3.13. The number of nitrogens with one attached hydrogen (secondary N) is 1. The van der Waals surface area contributed by atoms with Crippen LogP contribution < -0.4 is 4.74 Å². The Morgan fingerprint density at radius 2 is 1.88 bits per heavy atom. The predicted molar refractivity (Wildman–Crippen MR) is 90.7 cm³/mol. The van der Waals surface area contributed by atoms with Crippen LogP contribution >= 0.6 is 0 Å². The monoisotopic (exact) mass is 326 g/mol. The summed E-state index contributed by atoms with van der Waals surface area (Å²) in [6, 6.07) is 5.90. The number of rotatable bonds is 4. The second-order valence-electron chi connectivity index (χ2n) is 6.80. The summed E-state index contributed by atoms with van der Waals surface area (Å²) in [5, 5.41) is 1.09. The summed E-state index contributed by atoms with van der Waals surface area (Å²) in [7, 11) is 1.65. The summed E-state index contributed by atoms with van der Waals surface area (Å²) in [4.78, 5) is 29.8. The van der Waals surface area contributed by atoms with E-state index < -0.39 is 0 Å². The molecule has 4 rings (SSSR count). The van der Waals surface area contributed by atoms with Crippen LogP contribution in [0.4, 0.5) is 0 Å². The number of aromatic nitrogens is 1. The van der Waals surface area contributed by atoms with Gasteiger partial charge < -0.3 is 9.72 Å². The number of methoxy groups -OCH3 is 1. The standard InChI is InChI=1S/C19H22N2O3/c1-24-13-6-7-17-16(10-13)12(11-20-17)8-9-21-18(22)14-4-2-3-5-15(14)19(21)23/h6-7,10-11,14-15,20H,2-5,8-9H2,1H3/t14-,15+. The molecular formula is C19H22N2O3. The second kappa shape index (κ2) is 5.96. The number of H-pyrrole nitrogens is 1. The van der Waals surface area contributed by atoms with Gasteiger partial charge in [-0.3, -0.25) is 14.5 Å². The lowest BCUT2D eigenvalue weighted by Crippen LogP contribution is -2.33. The lowest BCUT2D eigenvalue weighted by Gasteiger charge is -2.19. The van der Waals surface area contributed by atoms with Gasteiger partial charge in [0.2, 0.25) is 11.8 Å². The van der Waals surface area contributed by atoms with Crippen LogP contribution in [-0.4, -0.2) is 35.4 Å². The van der Waals surface area contributed by atoms with E-state index in [2.05, 4.69) is 4.98 Å². The van der Waals surface area contributed by atoms with Crippen LogP contribution in [0.15, 0.2) is 24.4 Å². The first-order chi connectivity index (χ1) is 11.7. The largest absolute Gasteiger partial charge is 0.497 e. The van der Waals surface area contributed by atoms with Crippen LogP contribution in [0.3, 0.4) is 0 Å². The first kappa shape index (κ1) is 15.2. The number of hydrogen-bond donors (Lipinski definition) is 1. The number of ether oxygens (including phenoxy) is 1. The minimum atomic E-state index is -0.0608. The summed E-state index contributed by atoms with van der Waals surface area (Å²) >= 11 is 0. The van der Waals surface area contributed by atoms with E-state index in [9.17, 15) is 9.59 Å². The SMILES string of the molecule is COc1ccc2[nH]cc(CCN3C(=O)[C@H]4CCCC[C@H]4C3=O)c2c1. The molecule has 1 N–H and O–H groups in total. The topological polar surface area (TPSA) is 62.4 Å². The van der Waals surface area contributed by atoms with E-state index in [1.54, 1.807) is 7.11 Å². The van der Waals surface area contributed by atoms with Crippen molar-refractivity contribution in [3.63, 3.8) is 0 Å². The van der Waals surface area contributed by atoms with Crippen LogP contribution in [0.1, 0.15) is 31.2 Å². The minimum Gasteiger partial charge on any atom is -0.497 e. The van der Waals surface area contributed by atoms with Gasteiger partial charge >= 0.3 is 0 Å². The third kappa shape index (κ3) is 2.39. The van der Waals surface area contributed by atoms with Crippen molar-refractivity contribution < 1.29 is 14.3 Å². The van der Waals surface area contributed by atoms with E-state index >= 15 is 0 Å². The molecule has 0 bridgehead atoms. The number of imide groups is 1. The van der Waals surface area contributed by atoms with Gasteiger partial charge in [-0.05, 0) is 43.0 Å². The van der Waals surface area contributed by atoms with Crippen molar-refractivity contribution in [3.8, 4) is 5.75 Å². The Morgan fingerprint density at radius 3 is 2.54 bits per heavy atom. The van der Waals surface area contributed by atoms with E-state index in [-0.39, 0.29) is 23.7 Å². The number of benzene rings is 1. The molecule has 1 aliphatic carbocycles. The number of hydrogen-bond acceptors (Lipinski definition) is 3. The maximum absolute atomic E-state index is 12.6. The normalized spacial score (nSPS) is 23.8. The highest BCUT2D eigenvalue weighted by molar-refractivity contribution is 6.05. The van der Waals surface area contributed by atoms with Gasteiger partial charge in [-0.2, -0.15) is 0 Å². The molecule has 5 heteroatoms. The number of aromatic amines is 1. The fraction of sp³-hybridized carbons (Fsp3) is 0.474. The highest BCUT2D eigenvalue weighted by atomic mass is 16.5. The Balaban J connectivity index is 1.52. The number of fused-ring (bicyclic) bond motifs is 2. The van der Waals surface area contributed by atoms with Crippen LogP contribution in [0, 0.1) is 11.8 Å². The summed E-state index contributed by atoms with van der Waals surface area (Å²) in [5.74, 6) is 0.774. The molecule has 1 aromatic carbocycles. The van der Waals surface area contributed by atoms with Gasteiger partial charge in [0.1, 0.15) is 5.75 Å². The van der Waals surface area contributed by atoms with Crippen LogP contribution in [-0.2, 0) is 16.0 Å². The molecule has 0 unspecified atom stereocenters. The van der Waals surface area contributed by atoms with Gasteiger partial charge in [-0.15, -0.1) is 0 Å². The molecule has 1 aliphatic heterocycles. The quantitative estimate of drug-likeness (QED) is 0.879. The molecule has 5 nitrogen and oxygen atoms in total. The Morgan fingerprint density at radius 1 is 1.17 bits per heavy atom. The van der Waals surface area contributed by atoms with Crippen molar-refractivity contribution in [1.29, 1.82) is 0 Å². The van der Waals surface area contributed by atoms with Gasteiger partial charge in [-0.1, -0.05) is 12.8 Å². The molecule has 2 aliphatic rings. The van der Waals surface area contributed by atoms with Gasteiger partial charge in [-0.25, -0.2) is 0 Å². The van der Waals surface area contributed by atoms with Crippen molar-refractivity contribution in [1.82, 2.24) is 9.88 Å². The molecule has 2 atom stereocenters. The van der Waals surface area contributed by atoms with E-state index in [0.717, 1.165) is 47.9 Å². The van der Waals surface area contributed by atoms with E-state index in [1.807, 2.05) is 24.4 Å². The fourth-order valence-corrected chi connectivity index (χ4v) is 4.17. The molecule has 0 radical (unpaired) electrons. The van der Waals surface area contributed by atoms with E-state index in [4.69, 9.17) is 4.74 Å². The number of nitrogens with zero attached hydrogens (tertiary/aromatic N) is 1. The predicted octanol–water partition coefficient (Wildman–Crippen LogP) is 2.89. The number of likely N-dealkylation sites (tertiary alicyclic amines) is 1. The summed E-state index contributed by atoms with van der Waals surface area (Å²) in [6.45, 7) is 0.467. The number of amides is 2. The average molecular weight is 326 g/mol.